The quantitative estimate of drug-likeness (QED) is 0.618. The number of aliphatic hydroxyl groups is 1. The molecule has 2 atom stereocenters. The third kappa shape index (κ3) is 2.34. The summed E-state index contributed by atoms with van der Waals surface area (Å²) >= 11 is 0. The summed E-state index contributed by atoms with van der Waals surface area (Å²) in [6.07, 6.45) is 2.95. The molecule has 0 saturated heterocycles. The van der Waals surface area contributed by atoms with E-state index in [1.165, 1.54) is 6.42 Å². The predicted molar refractivity (Wildman–Crippen MR) is 56.6 cm³/mol. The van der Waals surface area contributed by atoms with Crippen LogP contribution in [0.5, 0.6) is 0 Å². The standard InChI is InChI=1S/C12H22O/c1-9(2)12(13)7-10(3)6-11(4,5)8-12/h10,13H,1,6-8H2,2-5H3. The second-order valence-electron chi connectivity index (χ2n) is 5.67. The first-order valence-electron chi connectivity index (χ1n) is 5.14. The van der Waals surface area contributed by atoms with Crippen molar-refractivity contribution in [2.75, 3.05) is 0 Å². The Hall–Kier alpha value is -0.300. The van der Waals surface area contributed by atoms with E-state index in [-0.39, 0.29) is 5.41 Å². The lowest BCUT2D eigenvalue weighted by Gasteiger charge is -2.45. The SMILES string of the molecule is C=C(C)C1(O)CC(C)CC(C)(C)C1. The molecule has 0 aromatic heterocycles. The summed E-state index contributed by atoms with van der Waals surface area (Å²) in [5, 5.41) is 10.4. The minimum Gasteiger partial charge on any atom is -0.386 e. The van der Waals surface area contributed by atoms with E-state index >= 15 is 0 Å². The number of hydrogen-bond acceptors (Lipinski definition) is 1. The topological polar surface area (TPSA) is 20.2 Å². The Kier molecular flexibility index (Phi) is 2.59. The van der Waals surface area contributed by atoms with Crippen LogP contribution in [0.4, 0.5) is 0 Å². The maximum absolute atomic E-state index is 10.4. The number of hydrogen-bond donors (Lipinski definition) is 1. The molecule has 0 aromatic rings. The largest absolute Gasteiger partial charge is 0.386 e. The van der Waals surface area contributed by atoms with Crippen molar-refractivity contribution in [3.8, 4) is 0 Å². The van der Waals surface area contributed by atoms with Crippen LogP contribution in [0.3, 0.4) is 0 Å². The third-order valence-electron chi connectivity index (χ3n) is 3.15. The van der Waals surface area contributed by atoms with E-state index in [0.717, 1.165) is 18.4 Å². The van der Waals surface area contributed by atoms with E-state index in [2.05, 4.69) is 27.4 Å². The van der Waals surface area contributed by atoms with Gasteiger partial charge in [0.2, 0.25) is 0 Å². The van der Waals surface area contributed by atoms with E-state index < -0.39 is 5.60 Å². The van der Waals surface area contributed by atoms with Crippen molar-refractivity contribution in [1.82, 2.24) is 0 Å². The van der Waals surface area contributed by atoms with Gasteiger partial charge in [-0.05, 0) is 43.1 Å². The first kappa shape index (κ1) is 10.8. The van der Waals surface area contributed by atoms with Gasteiger partial charge >= 0.3 is 0 Å². The molecule has 0 radical (unpaired) electrons. The third-order valence-corrected chi connectivity index (χ3v) is 3.15. The van der Waals surface area contributed by atoms with Crippen LogP contribution >= 0.6 is 0 Å². The Bertz CT molecular complexity index is 217. The van der Waals surface area contributed by atoms with Crippen molar-refractivity contribution in [2.45, 2.75) is 52.6 Å². The van der Waals surface area contributed by atoms with Crippen LogP contribution in [0.25, 0.3) is 0 Å². The van der Waals surface area contributed by atoms with Crippen LogP contribution in [-0.2, 0) is 0 Å². The van der Waals surface area contributed by atoms with E-state index in [4.69, 9.17) is 0 Å². The highest BCUT2D eigenvalue weighted by Gasteiger charge is 2.41. The first-order valence-corrected chi connectivity index (χ1v) is 5.14. The van der Waals surface area contributed by atoms with Crippen molar-refractivity contribution < 1.29 is 5.11 Å². The van der Waals surface area contributed by atoms with Gasteiger partial charge < -0.3 is 5.11 Å². The van der Waals surface area contributed by atoms with Gasteiger partial charge in [0, 0.05) is 0 Å². The minimum atomic E-state index is -0.610. The molecule has 0 bridgehead atoms. The number of rotatable bonds is 1. The van der Waals surface area contributed by atoms with Crippen LogP contribution in [-0.4, -0.2) is 10.7 Å². The van der Waals surface area contributed by atoms with Crippen LogP contribution in [0.1, 0.15) is 47.0 Å². The van der Waals surface area contributed by atoms with Crippen molar-refractivity contribution >= 4 is 0 Å². The van der Waals surface area contributed by atoms with Crippen molar-refractivity contribution in [1.29, 1.82) is 0 Å². The molecule has 2 unspecified atom stereocenters. The van der Waals surface area contributed by atoms with Crippen LogP contribution in [0.15, 0.2) is 12.2 Å². The van der Waals surface area contributed by atoms with Gasteiger partial charge in [0.1, 0.15) is 0 Å². The second kappa shape index (κ2) is 3.13. The van der Waals surface area contributed by atoms with Crippen molar-refractivity contribution in [2.24, 2.45) is 11.3 Å². The van der Waals surface area contributed by atoms with Crippen LogP contribution < -0.4 is 0 Å². The molecular weight excluding hydrogens is 160 g/mol. The maximum Gasteiger partial charge on any atom is 0.0859 e. The van der Waals surface area contributed by atoms with Gasteiger partial charge in [0.05, 0.1) is 5.60 Å². The summed E-state index contributed by atoms with van der Waals surface area (Å²) in [6.45, 7) is 12.5. The Morgan fingerprint density at radius 3 is 2.31 bits per heavy atom. The highest BCUT2D eigenvalue weighted by molar-refractivity contribution is 5.13. The van der Waals surface area contributed by atoms with E-state index in [1.54, 1.807) is 0 Å². The molecule has 1 fully saturated rings. The lowest BCUT2D eigenvalue weighted by molar-refractivity contribution is -0.0294. The minimum absolute atomic E-state index is 0.255. The maximum atomic E-state index is 10.4. The molecule has 0 amide bonds. The molecule has 1 aliphatic rings. The van der Waals surface area contributed by atoms with E-state index in [0.29, 0.717) is 5.92 Å². The van der Waals surface area contributed by atoms with Gasteiger partial charge in [-0.15, -0.1) is 0 Å². The Morgan fingerprint density at radius 2 is 1.92 bits per heavy atom. The average molecular weight is 182 g/mol. The zero-order chi connectivity index (χ0) is 10.3. The van der Waals surface area contributed by atoms with Crippen molar-refractivity contribution in [3.63, 3.8) is 0 Å². The van der Waals surface area contributed by atoms with Crippen LogP contribution in [0.2, 0.25) is 0 Å². The molecule has 1 N–H and O–H groups in total. The van der Waals surface area contributed by atoms with Gasteiger partial charge in [-0.1, -0.05) is 27.4 Å². The summed E-state index contributed by atoms with van der Waals surface area (Å²) < 4.78 is 0. The van der Waals surface area contributed by atoms with Gasteiger partial charge in [-0.2, -0.15) is 0 Å². The normalized spacial score (nSPS) is 38.7. The summed E-state index contributed by atoms with van der Waals surface area (Å²) in [4.78, 5) is 0. The molecule has 1 rings (SSSR count). The smallest absolute Gasteiger partial charge is 0.0859 e. The predicted octanol–water partition coefficient (Wildman–Crippen LogP) is 3.14. The molecule has 0 heterocycles. The van der Waals surface area contributed by atoms with E-state index in [1.807, 2.05) is 6.92 Å². The Morgan fingerprint density at radius 1 is 1.38 bits per heavy atom. The van der Waals surface area contributed by atoms with Gasteiger partial charge in [-0.25, -0.2) is 0 Å². The second-order valence-corrected chi connectivity index (χ2v) is 5.67. The highest BCUT2D eigenvalue weighted by Crippen LogP contribution is 2.46. The zero-order valence-electron chi connectivity index (χ0n) is 9.35. The van der Waals surface area contributed by atoms with Crippen molar-refractivity contribution in [3.05, 3.63) is 12.2 Å². The highest BCUT2D eigenvalue weighted by atomic mass is 16.3. The Labute approximate surface area is 81.9 Å². The monoisotopic (exact) mass is 182 g/mol. The molecule has 1 nitrogen and oxygen atoms in total. The molecule has 76 valence electrons. The lowest BCUT2D eigenvalue weighted by atomic mass is 9.64. The molecule has 0 aliphatic heterocycles. The summed E-state index contributed by atoms with van der Waals surface area (Å²) in [5.41, 5.74) is 0.569. The summed E-state index contributed by atoms with van der Waals surface area (Å²) in [6, 6.07) is 0. The fraction of sp³-hybridized carbons (Fsp3) is 0.833. The van der Waals surface area contributed by atoms with Gasteiger partial charge in [0.25, 0.3) is 0 Å². The average Bonchev–Trinajstić information content (AvgIpc) is 1.79. The van der Waals surface area contributed by atoms with Crippen LogP contribution in [0, 0.1) is 11.3 Å². The molecular formula is C12H22O. The first-order chi connectivity index (χ1) is 5.75. The molecule has 1 aliphatic carbocycles. The fourth-order valence-corrected chi connectivity index (χ4v) is 2.85. The van der Waals surface area contributed by atoms with Gasteiger partial charge in [0.15, 0.2) is 0 Å². The van der Waals surface area contributed by atoms with Gasteiger partial charge in [-0.3, -0.25) is 0 Å². The lowest BCUT2D eigenvalue weighted by Crippen LogP contribution is -2.42. The van der Waals surface area contributed by atoms with E-state index in [9.17, 15) is 5.11 Å². The molecule has 13 heavy (non-hydrogen) atoms. The zero-order valence-corrected chi connectivity index (χ0v) is 9.35. The fourth-order valence-electron chi connectivity index (χ4n) is 2.85. The molecule has 1 heteroatoms. The molecule has 1 saturated carbocycles. The Balaban J connectivity index is 2.84. The summed E-state index contributed by atoms with van der Waals surface area (Å²) in [7, 11) is 0. The molecule has 0 aromatic carbocycles. The summed E-state index contributed by atoms with van der Waals surface area (Å²) in [5.74, 6) is 0.602. The molecule has 0 spiro atoms.